The maximum Gasteiger partial charge on any atom is 0.309 e. The fourth-order valence-corrected chi connectivity index (χ4v) is 2.77. The number of carboxylic acid groups (broad SMARTS) is 1. The van der Waals surface area contributed by atoms with Gasteiger partial charge in [-0.3, -0.25) is 9.59 Å². The molecule has 1 saturated heterocycles. The predicted octanol–water partition coefficient (Wildman–Crippen LogP) is 1.62. The van der Waals surface area contributed by atoms with Crippen LogP contribution in [-0.2, 0) is 14.3 Å². The summed E-state index contributed by atoms with van der Waals surface area (Å²) in [4.78, 5) is 25.2. The van der Waals surface area contributed by atoms with E-state index in [-0.39, 0.29) is 12.3 Å². The highest BCUT2D eigenvalue weighted by Crippen LogP contribution is 2.39. The van der Waals surface area contributed by atoms with Crippen LogP contribution in [0.5, 0.6) is 0 Å². The summed E-state index contributed by atoms with van der Waals surface area (Å²) < 4.78 is 5.02. The standard InChI is InChI=1S/C15H19NO4/c1-10-5-3-4-6-11(10)14-12(15(18)19)9-13(17)16(14)7-8-20-2/h3-6,12,14H,7-9H2,1-2H3,(H,18,19). The minimum atomic E-state index is -0.925. The van der Waals surface area contributed by atoms with Crippen LogP contribution >= 0.6 is 0 Å². The third-order valence-electron chi connectivity index (χ3n) is 3.79. The first-order chi connectivity index (χ1) is 9.56. The Morgan fingerprint density at radius 3 is 2.75 bits per heavy atom. The van der Waals surface area contributed by atoms with Gasteiger partial charge in [0.2, 0.25) is 5.91 Å². The minimum Gasteiger partial charge on any atom is -0.481 e. The van der Waals surface area contributed by atoms with E-state index in [1.54, 1.807) is 12.0 Å². The molecule has 0 saturated carbocycles. The molecule has 2 unspecified atom stereocenters. The molecule has 2 rings (SSSR count). The molecule has 0 aliphatic carbocycles. The van der Waals surface area contributed by atoms with Gasteiger partial charge in [-0.2, -0.15) is 0 Å². The molecular weight excluding hydrogens is 258 g/mol. The molecule has 5 nitrogen and oxygen atoms in total. The van der Waals surface area contributed by atoms with Gasteiger partial charge in [0, 0.05) is 20.1 Å². The number of hydrogen-bond donors (Lipinski definition) is 1. The van der Waals surface area contributed by atoms with E-state index >= 15 is 0 Å². The van der Waals surface area contributed by atoms with Gasteiger partial charge in [0.15, 0.2) is 0 Å². The number of aryl methyl sites for hydroxylation is 1. The van der Waals surface area contributed by atoms with Gasteiger partial charge in [0.25, 0.3) is 0 Å². The van der Waals surface area contributed by atoms with E-state index in [1.807, 2.05) is 31.2 Å². The summed E-state index contributed by atoms with van der Waals surface area (Å²) in [5.74, 6) is -1.74. The van der Waals surface area contributed by atoms with Gasteiger partial charge in [-0.15, -0.1) is 0 Å². The van der Waals surface area contributed by atoms with Crippen molar-refractivity contribution in [3.05, 3.63) is 35.4 Å². The molecule has 1 amide bonds. The molecule has 1 aliphatic heterocycles. The Balaban J connectivity index is 2.38. The lowest BCUT2D eigenvalue weighted by molar-refractivity contribution is -0.142. The Morgan fingerprint density at radius 2 is 2.15 bits per heavy atom. The molecular formula is C15H19NO4. The first-order valence-electron chi connectivity index (χ1n) is 6.63. The average molecular weight is 277 g/mol. The van der Waals surface area contributed by atoms with E-state index in [1.165, 1.54) is 0 Å². The zero-order valence-corrected chi connectivity index (χ0v) is 11.7. The number of carbonyl (C=O) groups is 2. The molecule has 20 heavy (non-hydrogen) atoms. The smallest absolute Gasteiger partial charge is 0.309 e. The van der Waals surface area contributed by atoms with Crippen molar-refractivity contribution in [2.75, 3.05) is 20.3 Å². The van der Waals surface area contributed by atoms with E-state index < -0.39 is 17.9 Å². The van der Waals surface area contributed by atoms with Crippen molar-refractivity contribution < 1.29 is 19.4 Å². The zero-order chi connectivity index (χ0) is 14.7. The maximum absolute atomic E-state index is 12.1. The number of aliphatic carboxylic acids is 1. The summed E-state index contributed by atoms with van der Waals surface area (Å²) >= 11 is 0. The number of ether oxygens (including phenoxy) is 1. The van der Waals surface area contributed by atoms with Gasteiger partial charge in [-0.05, 0) is 18.1 Å². The van der Waals surface area contributed by atoms with E-state index in [0.29, 0.717) is 13.2 Å². The molecule has 0 spiro atoms. The van der Waals surface area contributed by atoms with Crippen molar-refractivity contribution in [3.8, 4) is 0 Å². The molecule has 0 aromatic heterocycles. The number of likely N-dealkylation sites (tertiary alicyclic amines) is 1. The summed E-state index contributed by atoms with van der Waals surface area (Å²) in [6.45, 7) is 2.75. The maximum atomic E-state index is 12.1. The molecule has 0 bridgehead atoms. The number of carboxylic acids is 1. The number of carbonyl (C=O) groups excluding carboxylic acids is 1. The molecule has 5 heteroatoms. The van der Waals surface area contributed by atoms with Crippen LogP contribution < -0.4 is 0 Å². The SMILES string of the molecule is COCCN1C(=O)CC(C(=O)O)C1c1ccccc1C. The quantitative estimate of drug-likeness (QED) is 0.888. The lowest BCUT2D eigenvalue weighted by Gasteiger charge is -2.28. The molecule has 0 radical (unpaired) electrons. The van der Waals surface area contributed by atoms with Crippen LogP contribution in [-0.4, -0.2) is 42.1 Å². The fourth-order valence-electron chi connectivity index (χ4n) is 2.77. The third kappa shape index (κ3) is 2.67. The second-order valence-corrected chi connectivity index (χ2v) is 5.03. The Hall–Kier alpha value is -1.88. The van der Waals surface area contributed by atoms with Gasteiger partial charge in [0.05, 0.1) is 18.6 Å². The van der Waals surface area contributed by atoms with Crippen molar-refractivity contribution in [1.29, 1.82) is 0 Å². The highest BCUT2D eigenvalue weighted by molar-refractivity contribution is 5.87. The average Bonchev–Trinajstić information content (AvgIpc) is 2.74. The van der Waals surface area contributed by atoms with Crippen LogP contribution in [0.4, 0.5) is 0 Å². The molecule has 1 fully saturated rings. The lowest BCUT2D eigenvalue weighted by atomic mass is 9.91. The molecule has 2 atom stereocenters. The second-order valence-electron chi connectivity index (χ2n) is 5.03. The predicted molar refractivity (Wildman–Crippen MR) is 73.3 cm³/mol. The normalized spacial score (nSPS) is 22.3. The minimum absolute atomic E-state index is 0.0536. The van der Waals surface area contributed by atoms with E-state index in [2.05, 4.69) is 0 Å². The second kappa shape index (κ2) is 6.05. The number of rotatable bonds is 5. The molecule has 108 valence electrons. The highest BCUT2D eigenvalue weighted by Gasteiger charge is 2.44. The van der Waals surface area contributed by atoms with Crippen LogP contribution in [0.15, 0.2) is 24.3 Å². The van der Waals surface area contributed by atoms with Crippen LogP contribution in [0.25, 0.3) is 0 Å². The number of benzene rings is 1. The number of amides is 1. The zero-order valence-electron chi connectivity index (χ0n) is 11.7. The highest BCUT2D eigenvalue weighted by atomic mass is 16.5. The first kappa shape index (κ1) is 14.5. The van der Waals surface area contributed by atoms with Crippen molar-refractivity contribution in [2.24, 2.45) is 5.92 Å². The van der Waals surface area contributed by atoms with Crippen molar-refractivity contribution in [1.82, 2.24) is 4.90 Å². The molecule has 1 heterocycles. The number of methoxy groups -OCH3 is 1. The number of nitrogens with zero attached hydrogens (tertiary/aromatic N) is 1. The molecule has 1 N–H and O–H groups in total. The molecule has 1 aromatic rings. The Bertz CT molecular complexity index is 514. The molecule has 1 aromatic carbocycles. The summed E-state index contributed by atoms with van der Waals surface area (Å²) in [5, 5.41) is 9.39. The molecule has 1 aliphatic rings. The Kier molecular flexibility index (Phi) is 4.39. The summed E-state index contributed by atoms with van der Waals surface area (Å²) in [6, 6.07) is 7.21. The lowest BCUT2D eigenvalue weighted by Crippen LogP contribution is -2.33. The van der Waals surface area contributed by atoms with Crippen LogP contribution in [0.3, 0.4) is 0 Å². The monoisotopic (exact) mass is 277 g/mol. The van der Waals surface area contributed by atoms with Crippen molar-refractivity contribution in [2.45, 2.75) is 19.4 Å². The Morgan fingerprint density at radius 1 is 1.45 bits per heavy atom. The summed E-state index contributed by atoms with van der Waals surface area (Å²) in [6.07, 6.45) is 0.0536. The van der Waals surface area contributed by atoms with E-state index in [9.17, 15) is 14.7 Å². The van der Waals surface area contributed by atoms with Crippen LogP contribution in [0.2, 0.25) is 0 Å². The summed E-state index contributed by atoms with van der Waals surface area (Å²) in [5.41, 5.74) is 1.91. The van der Waals surface area contributed by atoms with Gasteiger partial charge in [0.1, 0.15) is 0 Å². The van der Waals surface area contributed by atoms with Crippen LogP contribution in [0, 0.1) is 12.8 Å². The topological polar surface area (TPSA) is 66.8 Å². The van der Waals surface area contributed by atoms with Crippen molar-refractivity contribution in [3.63, 3.8) is 0 Å². The summed E-state index contributed by atoms with van der Waals surface area (Å²) in [7, 11) is 1.57. The van der Waals surface area contributed by atoms with Crippen LogP contribution in [0.1, 0.15) is 23.6 Å². The number of hydrogen-bond acceptors (Lipinski definition) is 3. The largest absolute Gasteiger partial charge is 0.481 e. The first-order valence-corrected chi connectivity index (χ1v) is 6.63. The Labute approximate surface area is 118 Å². The third-order valence-corrected chi connectivity index (χ3v) is 3.79. The van der Waals surface area contributed by atoms with Gasteiger partial charge >= 0.3 is 5.97 Å². The van der Waals surface area contributed by atoms with E-state index in [4.69, 9.17) is 4.74 Å². The van der Waals surface area contributed by atoms with E-state index in [0.717, 1.165) is 11.1 Å². The fraction of sp³-hybridized carbons (Fsp3) is 0.467. The van der Waals surface area contributed by atoms with Gasteiger partial charge in [-0.1, -0.05) is 24.3 Å². The van der Waals surface area contributed by atoms with Gasteiger partial charge < -0.3 is 14.7 Å². The van der Waals surface area contributed by atoms with Gasteiger partial charge in [-0.25, -0.2) is 0 Å². The van der Waals surface area contributed by atoms with Crippen molar-refractivity contribution >= 4 is 11.9 Å².